The average molecular weight is 322 g/mol. The average Bonchev–Trinajstić information content (AvgIpc) is 3.10. The van der Waals surface area contributed by atoms with Gasteiger partial charge in [0.1, 0.15) is 0 Å². The zero-order chi connectivity index (χ0) is 16.1. The van der Waals surface area contributed by atoms with Crippen molar-refractivity contribution in [2.75, 3.05) is 13.1 Å². The van der Waals surface area contributed by atoms with Crippen molar-refractivity contribution < 1.29 is 9.90 Å². The smallest absolute Gasteiger partial charge is 0.223 e. The number of hydrogen-bond acceptors (Lipinski definition) is 3. The number of nitrogens with one attached hydrogen (secondary N) is 1. The van der Waals surface area contributed by atoms with Gasteiger partial charge >= 0.3 is 0 Å². The van der Waals surface area contributed by atoms with Crippen molar-refractivity contribution in [3.8, 4) is 0 Å². The van der Waals surface area contributed by atoms with Crippen LogP contribution < -0.4 is 5.32 Å². The zero-order valence-electron chi connectivity index (χ0n) is 14.5. The molecule has 1 aliphatic heterocycles. The van der Waals surface area contributed by atoms with Gasteiger partial charge in [0, 0.05) is 24.5 Å². The van der Waals surface area contributed by atoms with Crippen molar-refractivity contribution in [1.29, 1.82) is 0 Å². The lowest BCUT2D eigenvalue weighted by Crippen LogP contribution is -2.46. The lowest BCUT2D eigenvalue weighted by Gasteiger charge is -2.40. The number of aliphatic hydroxyl groups is 1. The van der Waals surface area contributed by atoms with Crippen LogP contribution in [0.2, 0.25) is 0 Å². The van der Waals surface area contributed by atoms with E-state index in [4.69, 9.17) is 0 Å². The number of likely N-dealkylation sites (tertiary alicyclic amines) is 1. The number of amides is 1. The fourth-order valence-electron chi connectivity index (χ4n) is 4.89. The number of hydrogen-bond donors (Lipinski definition) is 2. The number of nitrogens with zero attached hydrogens (tertiary/aromatic N) is 1. The summed E-state index contributed by atoms with van der Waals surface area (Å²) >= 11 is 0. The fraction of sp³-hybridized carbons (Fsp3) is 0.947. The summed E-state index contributed by atoms with van der Waals surface area (Å²) in [5, 5.41) is 12.7. The second kappa shape index (κ2) is 8.48. The standard InChI is InChI=1S/C19H34N2O2/c22-18-10-8-15(9-11-18)19(23)20-13-12-17-7-3-4-14-21(17)16-5-1-2-6-16/h15-18,22H,1-14H2,(H,20,23)/t15?,17-,18?/m0/s1. The van der Waals surface area contributed by atoms with Gasteiger partial charge in [-0.3, -0.25) is 9.69 Å². The molecule has 0 unspecified atom stereocenters. The number of carbonyl (C=O) groups excluding carboxylic acids is 1. The van der Waals surface area contributed by atoms with Crippen molar-refractivity contribution in [2.45, 2.75) is 95.2 Å². The van der Waals surface area contributed by atoms with E-state index in [1.165, 1.54) is 51.5 Å². The molecule has 1 heterocycles. The summed E-state index contributed by atoms with van der Waals surface area (Å²) in [6.45, 7) is 2.09. The van der Waals surface area contributed by atoms with E-state index in [9.17, 15) is 9.90 Å². The fourth-order valence-corrected chi connectivity index (χ4v) is 4.89. The topological polar surface area (TPSA) is 52.6 Å². The number of carbonyl (C=O) groups is 1. The largest absolute Gasteiger partial charge is 0.393 e. The molecule has 0 aromatic heterocycles. The Labute approximate surface area is 141 Å². The molecule has 132 valence electrons. The molecule has 2 aliphatic carbocycles. The van der Waals surface area contributed by atoms with Crippen LogP contribution in [-0.4, -0.2) is 47.2 Å². The van der Waals surface area contributed by atoms with E-state index in [1.807, 2.05) is 0 Å². The van der Waals surface area contributed by atoms with E-state index < -0.39 is 0 Å². The van der Waals surface area contributed by atoms with Crippen LogP contribution in [0.15, 0.2) is 0 Å². The van der Waals surface area contributed by atoms with Gasteiger partial charge in [-0.15, -0.1) is 0 Å². The van der Waals surface area contributed by atoms with Gasteiger partial charge in [-0.2, -0.15) is 0 Å². The summed E-state index contributed by atoms with van der Waals surface area (Å²) in [6, 6.07) is 1.50. The Bertz CT molecular complexity index is 374. The first kappa shape index (κ1) is 17.2. The first-order chi connectivity index (χ1) is 11.2. The minimum absolute atomic E-state index is 0.135. The van der Waals surface area contributed by atoms with Crippen LogP contribution in [0, 0.1) is 5.92 Å². The molecule has 4 heteroatoms. The van der Waals surface area contributed by atoms with Crippen LogP contribution in [0.25, 0.3) is 0 Å². The molecule has 1 atom stereocenters. The van der Waals surface area contributed by atoms with Gasteiger partial charge in [-0.25, -0.2) is 0 Å². The Morgan fingerprint density at radius 3 is 2.39 bits per heavy atom. The molecule has 3 rings (SSSR count). The number of rotatable bonds is 5. The van der Waals surface area contributed by atoms with Crippen molar-refractivity contribution in [3.63, 3.8) is 0 Å². The Balaban J connectivity index is 1.40. The van der Waals surface area contributed by atoms with Crippen molar-refractivity contribution in [1.82, 2.24) is 10.2 Å². The van der Waals surface area contributed by atoms with Crippen LogP contribution in [0.4, 0.5) is 0 Å². The van der Waals surface area contributed by atoms with Gasteiger partial charge in [0.15, 0.2) is 0 Å². The third-order valence-electron chi connectivity index (χ3n) is 6.31. The molecule has 0 radical (unpaired) electrons. The van der Waals surface area contributed by atoms with Crippen molar-refractivity contribution in [3.05, 3.63) is 0 Å². The minimum atomic E-state index is -0.179. The molecule has 3 fully saturated rings. The summed E-state index contributed by atoms with van der Waals surface area (Å²) in [7, 11) is 0. The Morgan fingerprint density at radius 2 is 1.65 bits per heavy atom. The third-order valence-corrected chi connectivity index (χ3v) is 6.31. The molecule has 2 N–H and O–H groups in total. The quantitative estimate of drug-likeness (QED) is 0.818. The first-order valence-corrected chi connectivity index (χ1v) is 9.95. The van der Waals surface area contributed by atoms with Crippen molar-refractivity contribution in [2.24, 2.45) is 5.92 Å². The molecular weight excluding hydrogens is 288 g/mol. The van der Waals surface area contributed by atoms with E-state index >= 15 is 0 Å². The molecule has 23 heavy (non-hydrogen) atoms. The highest BCUT2D eigenvalue weighted by atomic mass is 16.3. The molecule has 0 aromatic rings. The van der Waals surface area contributed by atoms with Gasteiger partial charge in [0.2, 0.25) is 5.91 Å². The van der Waals surface area contributed by atoms with Crippen LogP contribution in [-0.2, 0) is 4.79 Å². The van der Waals surface area contributed by atoms with E-state index in [2.05, 4.69) is 10.2 Å². The van der Waals surface area contributed by atoms with Gasteiger partial charge < -0.3 is 10.4 Å². The highest BCUT2D eigenvalue weighted by Gasteiger charge is 2.30. The second-order valence-electron chi connectivity index (χ2n) is 7.91. The third kappa shape index (κ3) is 4.69. The highest BCUT2D eigenvalue weighted by Crippen LogP contribution is 2.30. The van der Waals surface area contributed by atoms with Crippen LogP contribution in [0.3, 0.4) is 0 Å². The SMILES string of the molecule is O=C(NCC[C@@H]1CCCCN1C1CCCC1)C1CCC(O)CC1. The van der Waals surface area contributed by atoms with E-state index in [-0.39, 0.29) is 17.9 Å². The summed E-state index contributed by atoms with van der Waals surface area (Å²) in [6.07, 6.45) is 13.8. The molecule has 0 bridgehead atoms. The molecular formula is C19H34N2O2. The maximum atomic E-state index is 12.3. The maximum Gasteiger partial charge on any atom is 0.223 e. The van der Waals surface area contributed by atoms with Crippen LogP contribution >= 0.6 is 0 Å². The summed E-state index contributed by atoms with van der Waals surface area (Å²) in [5.41, 5.74) is 0. The monoisotopic (exact) mass is 322 g/mol. The first-order valence-electron chi connectivity index (χ1n) is 9.95. The van der Waals surface area contributed by atoms with Gasteiger partial charge in [-0.05, 0) is 64.3 Å². The maximum absolute atomic E-state index is 12.3. The molecule has 0 spiro atoms. The predicted molar refractivity (Wildman–Crippen MR) is 92.2 cm³/mol. The van der Waals surface area contributed by atoms with E-state index in [1.54, 1.807) is 0 Å². The lowest BCUT2D eigenvalue weighted by molar-refractivity contribution is -0.126. The zero-order valence-corrected chi connectivity index (χ0v) is 14.5. The number of aliphatic hydroxyl groups excluding tert-OH is 1. The molecule has 4 nitrogen and oxygen atoms in total. The predicted octanol–water partition coefficient (Wildman–Crippen LogP) is 2.84. The van der Waals surface area contributed by atoms with Gasteiger partial charge in [0.05, 0.1) is 6.10 Å². The Hall–Kier alpha value is -0.610. The highest BCUT2D eigenvalue weighted by molar-refractivity contribution is 5.78. The molecule has 3 aliphatic rings. The van der Waals surface area contributed by atoms with Gasteiger partial charge in [-0.1, -0.05) is 19.3 Å². The number of piperidine rings is 1. The van der Waals surface area contributed by atoms with Crippen LogP contribution in [0.1, 0.15) is 77.0 Å². The van der Waals surface area contributed by atoms with E-state index in [0.717, 1.165) is 44.7 Å². The molecule has 1 amide bonds. The molecule has 0 aromatic carbocycles. The summed E-state index contributed by atoms with van der Waals surface area (Å²) in [4.78, 5) is 15.0. The summed E-state index contributed by atoms with van der Waals surface area (Å²) < 4.78 is 0. The molecule has 2 saturated carbocycles. The minimum Gasteiger partial charge on any atom is -0.393 e. The lowest BCUT2D eigenvalue weighted by atomic mass is 9.87. The van der Waals surface area contributed by atoms with Crippen molar-refractivity contribution >= 4 is 5.91 Å². The second-order valence-corrected chi connectivity index (χ2v) is 7.91. The summed E-state index contributed by atoms with van der Waals surface area (Å²) in [5.74, 6) is 0.357. The Kier molecular flexibility index (Phi) is 6.35. The normalized spacial score (nSPS) is 33.7. The molecule has 1 saturated heterocycles. The van der Waals surface area contributed by atoms with Gasteiger partial charge in [0.25, 0.3) is 0 Å². The Morgan fingerprint density at radius 1 is 0.957 bits per heavy atom. The van der Waals surface area contributed by atoms with Crippen LogP contribution in [0.5, 0.6) is 0 Å². The van der Waals surface area contributed by atoms with E-state index in [0.29, 0.717) is 6.04 Å².